The summed E-state index contributed by atoms with van der Waals surface area (Å²) >= 11 is 0. The largest absolute Gasteiger partial charge is 0.491 e. The van der Waals surface area contributed by atoms with Crippen molar-refractivity contribution in [3.63, 3.8) is 0 Å². The fourth-order valence-corrected chi connectivity index (χ4v) is 4.89. The highest BCUT2D eigenvalue weighted by Crippen LogP contribution is 2.48. The Morgan fingerprint density at radius 1 is 1.14 bits per heavy atom. The van der Waals surface area contributed by atoms with Crippen LogP contribution in [0.3, 0.4) is 0 Å². The molecule has 1 aromatic heterocycles. The number of benzene rings is 2. The molecule has 2 N–H and O–H groups in total. The van der Waals surface area contributed by atoms with Crippen molar-refractivity contribution >= 4 is 27.5 Å². The molecule has 188 valence electrons. The van der Waals surface area contributed by atoms with Crippen LogP contribution in [0.4, 0.5) is 14.5 Å². The summed E-state index contributed by atoms with van der Waals surface area (Å²) in [6.45, 7) is 0.351. The van der Waals surface area contributed by atoms with Crippen molar-refractivity contribution in [2.75, 3.05) is 38.2 Å². The molecule has 2 aromatic carbocycles. The molecule has 0 radical (unpaired) electrons. The molecule has 0 spiro atoms. The van der Waals surface area contributed by atoms with Crippen molar-refractivity contribution in [1.29, 1.82) is 0 Å². The second-order valence-corrected chi connectivity index (χ2v) is 12.7. The van der Waals surface area contributed by atoms with Crippen molar-refractivity contribution in [2.24, 2.45) is 0 Å². The molecular formula is C24H27F2N3O5S. The van der Waals surface area contributed by atoms with Gasteiger partial charge in [0.1, 0.15) is 17.7 Å². The van der Waals surface area contributed by atoms with E-state index in [2.05, 4.69) is 10.5 Å². The monoisotopic (exact) mass is 507 g/mol. The lowest BCUT2D eigenvalue weighted by Crippen LogP contribution is -2.38. The van der Waals surface area contributed by atoms with Gasteiger partial charge in [0.15, 0.2) is 0 Å². The minimum absolute atomic E-state index is 0.0156. The molecule has 1 unspecified atom stereocenters. The summed E-state index contributed by atoms with van der Waals surface area (Å²) in [5.41, 5.74) is 1.18. The number of nitrogens with zero attached hydrogens (tertiary/aromatic N) is 2. The van der Waals surface area contributed by atoms with E-state index in [9.17, 15) is 23.5 Å². The first kappa shape index (κ1) is 26.2. The summed E-state index contributed by atoms with van der Waals surface area (Å²) in [7, 11) is 1.22. The molecule has 0 saturated carbocycles. The van der Waals surface area contributed by atoms with Gasteiger partial charge in [0.25, 0.3) is 17.7 Å². The van der Waals surface area contributed by atoms with E-state index in [1.165, 1.54) is 7.05 Å². The smallest absolute Gasteiger partial charge is 0.293 e. The Bertz CT molecular complexity index is 1200. The number of amides is 2. The number of anilines is 1. The van der Waals surface area contributed by atoms with Crippen molar-refractivity contribution in [1.82, 2.24) is 10.1 Å². The van der Waals surface area contributed by atoms with Crippen LogP contribution in [0.2, 0.25) is 0 Å². The molecular weight excluding hydrogens is 480 g/mol. The Balaban J connectivity index is 1.96. The number of methoxy groups -OCH3 is 1. The molecule has 3 aromatic rings. The topological polar surface area (TPSA) is 105 Å². The number of likely N-dealkylation sites (N-methyl/N-ethyl adjacent to an activating group) is 1. The maximum absolute atomic E-state index is 14.7. The Morgan fingerprint density at radius 2 is 1.74 bits per heavy atom. The molecule has 0 bridgehead atoms. The minimum atomic E-state index is -1.69. The number of ether oxygens (including phenoxy) is 1. The summed E-state index contributed by atoms with van der Waals surface area (Å²) in [4.78, 5) is 27.3. The van der Waals surface area contributed by atoms with Gasteiger partial charge in [-0.3, -0.25) is 9.59 Å². The maximum Gasteiger partial charge on any atom is 0.293 e. The molecule has 11 heteroatoms. The Labute approximate surface area is 203 Å². The number of rotatable bonds is 8. The third kappa shape index (κ3) is 5.98. The average molecular weight is 508 g/mol. The Hall–Kier alpha value is -3.44. The van der Waals surface area contributed by atoms with Crippen molar-refractivity contribution in [2.45, 2.75) is 17.5 Å². The maximum atomic E-state index is 14.7. The van der Waals surface area contributed by atoms with Crippen LogP contribution in [0.25, 0.3) is 0 Å². The number of aromatic hydroxyl groups is 1. The van der Waals surface area contributed by atoms with E-state index < -0.39 is 45.4 Å². The highest BCUT2D eigenvalue weighted by atomic mass is 32.3. The van der Waals surface area contributed by atoms with Gasteiger partial charge in [-0.1, -0.05) is 24.3 Å². The first-order valence-electron chi connectivity index (χ1n) is 10.4. The van der Waals surface area contributed by atoms with Gasteiger partial charge >= 0.3 is 0 Å². The lowest BCUT2D eigenvalue weighted by atomic mass is 10.0. The normalized spacial score (nSPS) is 12.8. The van der Waals surface area contributed by atoms with Gasteiger partial charge in [-0.2, -0.15) is 0 Å². The molecule has 1 heterocycles. The number of nitrogens with one attached hydrogen (secondary N) is 1. The number of halogens is 2. The first-order chi connectivity index (χ1) is 16.4. The lowest BCUT2D eigenvalue weighted by Gasteiger charge is -2.28. The third-order valence-electron chi connectivity index (χ3n) is 5.15. The predicted octanol–water partition coefficient (Wildman–Crippen LogP) is 4.31. The fourth-order valence-electron chi connectivity index (χ4n) is 3.60. The minimum Gasteiger partial charge on any atom is -0.491 e. The summed E-state index contributed by atoms with van der Waals surface area (Å²) in [6.07, 6.45) is 5.29. The summed E-state index contributed by atoms with van der Waals surface area (Å²) < 4.78 is 39.4. The van der Waals surface area contributed by atoms with Crippen LogP contribution < -0.4 is 5.32 Å². The fraction of sp³-hybridized carbons (Fsp3) is 0.292. The van der Waals surface area contributed by atoms with Crippen LogP contribution in [-0.4, -0.2) is 59.9 Å². The third-order valence-corrected chi connectivity index (χ3v) is 6.76. The molecule has 2 amide bonds. The molecule has 35 heavy (non-hydrogen) atoms. The lowest BCUT2D eigenvalue weighted by molar-refractivity contribution is -0.120. The van der Waals surface area contributed by atoms with Gasteiger partial charge in [0, 0.05) is 19.8 Å². The van der Waals surface area contributed by atoms with E-state index in [0.717, 1.165) is 28.7 Å². The second-order valence-electron chi connectivity index (χ2n) is 8.64. The van der Waals surface area contributed by atoms with E-state index in [1.807, 2.05) is 0 Å². The first-order valence-corrected chi connectivity index (χ1v) is 13.3. The van der Waals surface area contributed by atoms with Crippen molar-refractivity contribution in [3.8, 4) is 5.88 Å². The predicted molar refractivity (Wildman–Crippen MR) is 129 cm³/mol. The molecule has 0 saturated heterocycles. The van der Waals surface area contributed by atoms with Gasteiger partial charge in [-0.15, -0.1) is 0 Å². The van der Waals surface area contributed by atoms with Crippen LogP contribution in [-0.2, 0) is 16.1 Å². The number of hydrogen-bond acceptors (Lipinski definition) is 6. The molecule has 1 atom stereocenters. The summed E-state index contributed by atoms with van der Waals surface area (Å²) in [6, 6.07) is 8.70. The van der Waals surface area contributed by atoms with Crippen LogP contribution in [0.15, 0.2) is 51.9 Å². The number of carbonyl (C=O) groups is 2. The SMILES string of the molecule is COCc1ccc(C(C(=O)Nc2cc(F)c(S(C)(C)C)c(F)c2)N(C)C(=O)c2cc(O)no2)cc1. The van der Waals surface area contributed by atoms with E-state index in [0.29, 0.717) is 12.2 Å². The highest BCUT2D eigenvalue weighted by molar-refractivity contribution is 8.32. The second kappa shape index (κ2) is 10.4. The molecule has 0 aliphatic rings. The van der Waals surface area contributed by atoms with E-state index in [1.54, 1.807) is 50.1 Å². The van der Waals surface area contributed by atoms with E-state index >= 15 is 0 Å². The zero-order valence-electron chi connectivity index (χ0n) is 20.0. The molecule has 0 fully saturated rings. The van der Waals surface area contributed by atoms with Gasteiger partial charge in [-0.05, 0) is 47.2 Å². The number of aromatic nitrogens is 1. The quantitative estimate of drug-likeness (QED) is 0.471. The van der Waals surface area contributed by atoms with Crippen molar-refractivity contribution in [3.05, 3.63) is 71.0 Å². The van der Waals surface area contributed by atoms with E-state index in [-0.39, 0.29) is 16.3 Å². The molecule has 8 nitrogen and oxygen atoms in total. The molecule has 0 aliphatic carbocycles. The van der Waals surface area contributed by atoms with Gasteiger partial charge < -0.3 is 24.6 Å². The van der Waals surface area contributed by atoms with Crippen molar-refractivity contribution < 1.29 is 32.7 Å². The van der Waals surface area contributed by atoms with Gasteiger partial charge in [-0.25, -0.2) is 18.8 Å². The van der Waals surface area contributed by atoms with E-state index in [4.69, 9.17) is 9.26 Å². The number of hydrogen-bond donors (Lipinski definition) is 2. The van der Waals surface area contributed by atoms with Gasteiger partial charge in [0.05, 0.1) is 17.6 Å². The van der Waals surface area contributed by atoms with Crippen LogP contribution >= 0.6 is 10.0 Å². The zero-order valence-corrected chi connectivity index (χ0v) is 20.8. The molecule has 3 rings (SSSR count). The standard InChI is InChI=1S/C24H27F2N3O5S/c1-29(24(32)19-12-20(30)28-34-19)21(15-8-6-14(7-9-15)13-33-2)23(31)27-16-10-17(25)22(18(26)11-16)35(3,4)5/h6-12,21H,13H2,1-5H3,(H,27,31)(H,28,30). The summed E-state index contributed by atoms with van der Waals surface area (Å²) in [5, 5.41) is 15.2. The molecule has 0 aliphatic heterocycles. The zero-order chi connectivity index (χ0) is 25.9. The van der Waals surface area contributed by atoms with Crippen LogP contribution in [0.5, 0.6) is 5.88 Å². The summed E-state index contributed by atoms with van der Waals surface area (Å²) in [5.74, 6) is -3.73. The Morgan fingerprint density at radius 3 is 2.23 bits per heavy atom. The van der Waals surface area contributed by atoms with Crippen LogP contribution in [0, 0.1) is 11.6 Å². The highest BCUT2D eigenvalue weighted by Gasteiger charge is 2.32. The average Bonchev–Trinajstić information content (AvgIpc) is 3.19. The Kier molecular flexibility index (Phi) is 7.81. The number of carbonyl (C=O) groups excluding carboxylic acids is 2. The van der Waals surface area contributed by atoms with Crippen LogP contribution in [0.1, 0.15) is 27.7 Å². The van der Waals surface area contributed by atoms with Gasteiger partial charge in [0.2, 0.25) is 5.76 Å².